The lowest BCUT2D eigenvalue weighted by Crippen LogP contribution is -2.10. The number of benzene rings is 2. The maximum Gasteiger partial charge on any atom is 0.673 e. The Bertz CT molecular complexity index is 761. The number of rotatable bonds is 4. The molecular formula is C25H33BF4O. The van der Waals surface area contributed by atoms with Gasteiger partial charge in [-0.2, -0.15) is 0 Å². The zero-order valence-electron chi connectivity index (χ0n) is 19.5. The molecule has 31 heavy (non-hydrogen) atoms. The van der Waals surface area contributed by atoms with Crippen LogP contribution in [0.5, 0.6) is 0 Å². The van der Waals surface area contributed by atoms with Gasteiger partial charge in [0.05, 0.1) is 11.8 Å². The maximum atomic E-state index is 9.75. The van der Waals surface area contributed by atoms with Gasteiger partial charge in [0.2, 0.25) is 0 Å². The second-order valence-electron chi connectivity index (χ2n) is 10.0. The van der Waals surface area contributed by atoms with E-state index in [1.54, 1.807) is 0 Å². The smallest absolute Gasteiger partial charge is 0.418 e. The fourth-order valence-corrected chi connectivity index (χ4v) is 3.66. The lowest BCUT2D eigenvalue weighted by molar-refractivity contribution is 0.132. The van der Waals surface area contributed by atoms with E-state index in [0.29, 0.717) is 5.92 Å². The normalized spacial score (nSPS) is 19.0. The zero-order chi connectivity index (χ0) is 23.6. The molecule has 2 atom stereocenters. The summed E-state index contributed by atoms with van der Waals surface area (Å²) in [5.41, 5.74) is 5.82. The van der Waals surface area contributed by atoms with Crippen LogP contribution < -0.4 is 0 Å². The number of halogens is 4. The molecule has 2 aromatic carbocycles. The average molecular weight is 436 g/mol. The SMILES string of the molecule is CCOC1[C+](c2ccc(C(C)(C)C)cc2)C1c1ccc(C(C)(C)C)cc1.F[B-](F)(F)F. The standard InChI is InChI=1S/C25H33O.BF4/c1-8-26-23-21(17-9-13-19(14-10-17)24(2,3)4)22(23)18-11-15-20(16-12-18)25(5,6)7;2-1(3,4)5/h9-16,21,23H,8H2,1-7H3;/q+1;-1. The summed E-state index contributed by atoms with van der Waals surface area (Å²) in [5, 5.41) is 0. The van der Waals surface area contributed by atoms with Gasteiger partial charge in [-0.25, -0.2) is 0 Å². The van der Waals surface area contributed by atoms with Crippen molar-refractivity contribution in [1.29, 1.82) is 0 Å². The number of hydrogen-bond acceptors (Lipinski definition) is 1. The van der Waals surface area contributed by atoms with Crippen molar-refractivity contribution in [3.05, 3.63) is 76.7 Å². The summed E-state index contributed by atoms with van der Waals surface area (Å²) in [5.74, 6) is 1.82. The molecule has 1 saturated carbocycles. The molecule has 0 bridgehead atoms. The predicted octanol–water partition coefficient (Wildman–Crippen LogP) is 7.71. The first-order valence-electron chi connectivity index (χ1n) is 10.7. The van der Waals surface area contributed by atoms with Crippen LogP contribution in [0.2, 0.25) is 0 Å². The van der Waals surface area contributed by atoms with Crippen molar-refractivity contribution in [2.75, 3.05) is 6.61 Å². The van der Waals surface area contributed by atoms with E-state index in [1.165, 1.54) is 28.2 Å². The van der Waals surface area contributed by atoms with Crippen molar-refractivity contribution in [2.45, 2.75) is 71.3 Å². The Kier molecular flexibility index (Phi) is 7.57. The van der Waals surface area contributed by atoms with Gasteiger partial charge in [-0.1, -0.05) is 65.8 Å². The van der Waals surface area contributed by atoms with Crippen LogP contribution >= 0.6 is 0 Å². The largest absolute Gasteiger partial charge is 0.673 e. The predicted molar refractivity (Wildman–Crippen MR) is 121 cm³/mol. The van der Waals surface area contributed by atoms with Crippen molar-refractivity contribution >= 4 is 7.25 Å². The maximum absolute atomic E-state index is 9.75. The van der Waals surface area contributed by atoms with Crippen molar-refractivity contribution < 1.29 is 22.0 Å². The van der Waals surface area contributed by atoms with E-state index < -0.39 is 7.25 Å². The Morgan fingerprint density at radius 3 is 1.52 bits per heavy atom. The van der Waals surface area contributed by atoms with E-state index in [4.69, 9.17) is 4.74 Å². The first kappa shape index (κ1) is 25.3. The topological polar surface area (TPSA) is 9.23 Å². The Labute approximate surface area is 184 Å². The molecule has 0 aliphatic heterocycles. The van der Waals surface area contributed by atoms with Gasteiger partial charge in [-0.15, -0.1) is 0 Å². The molecule has 0 heterocycles. The summed E-state index contributed by atoms with van der Waals surface area (Å²) >= 11 is 0. The van der Waals surface area contributed by atoms with Gasteiger partial charge in [0.25, 0.3) is 0 Å². The second-order valence-corrected chi connectivity index (χ2v) is 10.0. The minimum Gasteiger partial charge on any atom is -0.418 e. The molecular weight excluding hydrogens is 403 g/mol. The first-order chi connectivity index (χ1) is 14.1. The average Bonchev–Trinajstić information content (AvgIpc) is 3.33. The van der Waals surface area contributed by atoms with E-state index in [-0.39, 0.29) is 16.9 Å². The third-order valence-corrected chi connectivity index (χ3v) is 5.40. The molecule has 0 saturated heterocycles. The fourth-order valence-electron chi connectivity index (χ4n) is 3.66. The summed E-state index contributed by atoms with van der Waals surface area (Å²) in [7, 11) is -6.00. The molecule has 0 spiro atoms. The van der Waals surface area contributed by atoms with Crippen molar-refractivity contribution in [3.63, 3.8) is 0 Å². The van der Waals surface area contributed by atoms with Crippen molar-refractivity contribution in [2.24, 2.45) is 0 Å². The van der Waals surface area contributed by atoms with E-state index >= 15 is 0 Å². The molecule has 170 valence electrons. The quantitative estimate of drug-likeness (QED) is 0.271. The molecule has 1 aliphatic carbocycles. The van der Waals surface area contributed by atoms with Gasteiger partial charge in [0.1, 0.15) is 11.7 Å². The van der Waals surface area contributed by atoms with E-state index in [0.717, 1.165) is 6.61 Å². The molecule has 2 unspecified atom stereocenters. The van der Waals surface area contributed by atoms with Gasteiger partial charge in [-0.05, 0) is 34.4 Å². The lowest BCUT2D eigenvalue weighted by atomic mass is 9.86. The van der Waals surface area contributed by atoms with Crippen LogP contribution in [0.25, 0.3) is 0 Å². The Balaban J connectivity index is 0.000000614. The Morgan fingerprint density at radius 2 is 1.16 bits per heavy atom. The van der Waals surface area contributed by atoms with Gasteiger partial charge in [-0.3, -0.25) is 0 Å². The number of hydrogen-bond donors (Lipinski definition) is 0. The van der Waals surface area contributed by atoms with Gasteiger partial charge < -0.3 is 22.0 Å². The lowest BCUT2D eigenvalue weighted by Gasteiger charge is -2.19. The highest BCUT2D eigenvalue weighted by atomic mass is 19.5. The van der Waals surface area contributed by atoms with Gasteiger partial charge in [0.15, 0.2) is 0 Å². The Morgan fingerprint density at radius 1 is 0.774 bits per heavy atom. The molecule has 6 heteroatoms. The molecule has 0 amide bonds. The van der Waals surface area contributed by atoms with Crippen molar-refractivity contribution in [1.82, 2.24) is 0 Å². The van der Waals surface area contributed by atoms with E-state index in [9.17, 15) is 17.3 Å². The molecule has 3 rings (SSSR count). The molecule has 1 nitrogen and oxygen atoms in total. The third kappa shape index (κ3) is 7.31. The second kappa shape index (κ2) is 9.27. The molecule has 0 N–H and O–H groups in total. The molecule has 0 aromatic heterocycles. The third-order valence-electron chi connectivity index (χ3n) is 5.40. The molecule has 1 fully saturated rings. The van der Waals surface area contributed by atoms with Crippen LogP contribution in [0.4, 0.5) is 17.3 Å². The highest BCUT2D eigenvalue weighted by molar-refractivity contribution is 6.50. The van der Waals surface area contributed by atoms with E-state index in [2.05, 4.69) is 97.0 Å². The summed E-state index contributed by atoms with van der Waals surface area (Å²) < 4.78 is 45.0. The highest BCUT2D eigenvalue weighted by Gasteiger charge is 2.59. The summed E-state index contributed by atoms with van der Waals surface area (Å²) in [6.07, 6.45) is 0.223. The van der Waals surface area contributed by atoms with Crippen LogP contribution in [0, 0.1) is 5.92 Å². The minimum absolute atomic E-state index is 0.189. The van der Waals surface area contributed by atoms with Crippen LogP contribution in [0.15, 0.2) is 48.5 Å². The van der Waals surface area contributed by atoms with Gasteiger partial charge >= 0.3 is 7.25 Å². The molecule has 0 radical (unpaired) electrons. The zero-order valence-corrected chi connectivity index (χ0v) is 19.5. The highest BCUT2D eigenvalue weighted by Crippen LogP contribution is 2.56. The Hall–Kier alpha value is -1.95. The van der Waals surface area contributed by atoms with Crippen molar-refractivity contribution in [3.8, 4) is 0 Å². The number of ether oxygens (including phenoxy) is 1. The molecule has 1 aliphatic rings. The van der Waals surface area contributed by atoms with Crippen LogP contribution in [0.1, 0.15) is 76.6 Å². The summed E-state index contributed by atoms with van der Waals surface area (Å²) in [4.78, 5) is 0. The fraction of sp³-hybridized carbons (Fsp3) is 0.480. The first-order valence-corrected chi connectivity index (χ1v) is 10.7. The monoisotopic (exact) mass is 436 g/mol. The molecule has 2 aromatic rings. The van der Waals surface area contributed by atoms with E-state index in [1.807, 2.05) is 0 Å². The summed E-state index contributed by atoms with van der Waals surface area (Å²) in [6.45, 7) is 16.4. The van der Waals surface area contributed by atoms with Crippen LogP contribution in [-0.4, -0.2) is 20.0 Å². The van der Waals surface area contributed by atoms with Crippen LogP contribution in [0.3, 0.4) is 0 Å². The van der Waals surface area contributed by atoms with Gasteiger partial charge in [0, 0.05) is 30.9 Å². The summed E-state index contributed by atoms with van der Waals surface area (Å²) in [6, 6.07) is 18.2. The minimum atomic E-state index is -6.00. The van der Waals surface area contributed by atoms with Crippen LogP contribution in [-0.2, 0) is 15.6 Å².